The minimum Gasteiger partial charge on any atom is -0.394 e. The number of aliphatic hydroxyl groups excluding tert-OH is 5. The molecule has 1 fully saturated rings. The van der Waals surface area contributed by atoms with Crippen LogP contribution in [-0.2, 0) is 14.3 Å². The van der Waals surface area contributed by atoms with Gasteiger partial charge in [0.15, 0.2) is 6.29 Å². The fourth-order valence-electron chi connectivity index (χ4n) is 8.25. The number of nitrogens with one attached hydrogen (secondary N) is 1. The van der Waals surface area contributed by atoms with Gasteiger partial charge in [0.1, 0.15) is 24.4 Å². The predicted molar refractivity (Wildman–Crippen MR) is 258 cm³/mol. The van der Waals surface area contributed by atoms with Crippen LogP contribution >= 0.6 is 0 Å². The molecule has 6 N–H and O–H groups in total. The van der Waals surface area contributed by atoms with E-state index in [0.29, 0.717) is 6.42 Å². The Balaban J connectivity index is 2.30. The van der Waals surface area contributed by atoms with Gasteiger partial charge in [0, 0.05) is 6.42 Å². The van der Waals surface area contributed by atoms with Crippen LogP contribution in [0.25, 0.3) is 0 Å². The Morgan fingerprint density at radius 1 is 0.548 bits per heavy atom. The van der Waals surface area contributed by atoms with Gasteiger partial charge >= 0.3 is 0 Å². The molecule has 7 unspecified atom stereocenters. The number of carbonyl (C=O) groups is 1. The summed E-state index contributed by atoms with van der Waals surface area (Å²) in [6.45, 7) is 3.77. The molecule has 1 aliphatic rings. The Morgan fingerprint density at radius 2 is 0.952 bits per heavy atom. The monoisotopic (exact) mass is 878 g/mol. The Bertz CT molecular complexity index is 1070. The van der Waals surface area contributed by atoms with Crippen LogP contribution in [0.1, 0.15) is 239 Å². The zero-order valence-electron chi connectivity index (χ0n) is 40.1. The lowest BCUT2D eigenvalue weighted by molar-refractivity contribution is -0.302. The van der Waals surface area contributed by atoms with Gasteiger partial charge in [-0.05, 0) is 51.4 Å². The first-order valence-corrected chi connectivity index (χ1v) is 26.2. The molecular formula is C53H99NO8. The molecule has 0 aromatic carbocycles. The first-order valence-electron chi connectivity index (χ1n) is 26.2. The number of amides is 1. The van der Waals surface area contributed by atoms with Crippen molar-refractivity contribution in [2.75, 3.05) is 13.2 Å². The normalized spacial score (nSPS) is 20.5. The molecule has 0 saturated carbocycles. The number of hydrogen-bond acceptors (Lipinski definition) is 8. The van der Waals surface area contributed by atoms with Crippen LogP contribution in [0.3, 0.4) is 0 Å². The average Bonchev–Trinajstić information content (AvgIpc) is 3.27. The molecule has 364 valence electrons. The lowest BCUT2D eigenvalue weighted by Crippen LogP contribution is -2.60. The van der Waals surface area contributed by atoms with Crippen LogP contribution in [0.2, 0.25) is 0 Å². The second kappa shape index (κ2) is 43.3. The van der Waals surface area contributed by atoms with E-state index in [0.717, 1.165) is 57.8 Å². The molecule has 1 rings (SSSR count). The number of aliphatic hydroxyl groups is 5. The summed E-state index contributed by atoms with van der Waals surface area (Å²) in [5.74, 6) is -0.184. The highest BCUT2D eigenvalue weighted by molar-refractivity contribution is 5.76. The van der Waals surface area contributed by atoms with Crippen LogP contribution in [0.5, 0.6) is 0 Å². The van der Waals surface area contributed by atoms with Crippen molar-refractivity contribution in [3.05, 3.63) is 36.5 Å². The summed E-state index contributed by atoms with van der Waals surface area (Å²) in [4.78, 5) is 13.0. The van der Waals surface area contributed by atoms with E-state index in [1.807, 2.05) is 6.08 Å². The number of rotatable bonds is 44. The molecule has 1 aliphatic heterocycles. The third-order valence-corrected chi connectivity index (χ3v) is 12.5. The minimum absolute atomic E-state index is 0.184. The van der Waals surface area contributed by atoms with Crippen molar-refractivity contribution >= 4 is 5.91 Å². The third kappa shape index (κ3) is 33.0. The summed E-state index contributed by atoms with van der Waals surface area (Å²) in [6.07, 6.45) is 47.6. The van der Waals surface area contributed by atoms with Crippen LogP contribution in [0, 0.1) is 0 Å². The Labute approximate surface area is 381 Å². The molecule has 7 atom stereocenters. The lowest BCUT2D eigenvalue weighted by Gasteiger charge is -2.40. The van der Waals surface area contributed by atoms with E-state index in [1.165, 1.54) is 161 Å². The van der Waals surface area contributed by atoms with E-state index in [-0.39, 0.29) is 12.5 Å². The molecule has 9 heteroatoms. The van der Waals surface area contributed by atoms with E-state index in [1.54, 1.807) is 6.08 Å². The highest BCUT2D eigenvalue weighted by Crippen LogP contribution is 2.23. The summed E-state index contributed by atoms with van der Waals surface area (Å²) in [5.41, 5.74) is 0. The third-order valence-electron chi connectivity index (χ3n) is 12.5. The van der Waals surface area contributed by atoms with Gasteiger partial charge in [0.05, 0.1) is 25.4 Å². The molecule has 1 saturated heterocycles. The van der Waals surface area contributed by atoms with Crippen molar-refractivity contribution in [1.29, 1.82) is 0 Å². The van der Waals surface area contributed by atoms with Crippen molar-refractivity contribution in [2.45, 2.75) is 281 Å². The number of carbonyl (C=O) groups excluding carboxylic acids is 1. The van der Waals surface area contributed by atoms with Gasteiger partial charge in [0.2, 0.25) is 5.91 Å². The summed E-state index contributed by atoms with van der Waals surface area (Å²) >= 11 is 0. The number of ether oxygens (including phenoxy) is 2. The molecule has 9 nitrogen and oxygen atoms in total. The molecule has 0 radical (unpaired) electrons. The molecule has 1 heterocycles. The maximum atomic E-state index is 13.0. The van der Waals surface area contributed by atoms with E-state index < -0.39 is 49.5 Å². The first-order chi connectivity index (χ1) is 30.3. The Morgan fingerprint density at radius 3 is 1.40 bits per heavy atom. The molecule has 0 aromatic heterocycles. The first kappa shape index (κ1) is 58.4. The van der Waals surface area contributed by atoms with Crippen LogP contribution in [0.15, 0.2) is 36.5 Å². The number of unbranched alkanes of at least 4 members (excludes halogenated alkanes) is 30. The second-order valence-corrected chi connectivity index (χ2v) is 18.3. The lowest BCUT2D eigenvalue weighted by atomic mass is 9.99. The smallest absolute Gasteiger partial charge is 0.220 e. The van der Waals surface area contributed by atoms with Gasteiger partial charge < -0.3 is 40.3 Å². The molecule has 0 bridgehead atoms. The van der Waals surface area contributed by atoms with Gasteiger partial charge in [-0.2, -0.15) is 0 Å². The fraction of sp³-hybridized carbons (Fsp3) is 0.868. The maximum Gasteiger partial charge on any atom is 0.220 e. The van der Waals surface area contributed by atoms with Gasteiger partial charge in [-0.3, -0.25) is 4.79 Å². The Kier molecular flexibility index (Phi) is 40.8. The predicted octanol–water partition coefficient (Wildman–Crippen LogP) is 12.0. The maximum absolute atomic E-state index is 13.0. The van der Waals surface area contributed by atoms with E-state index in [2.05, 4.69) is 43.5 Å². The highest BCUT2D eigenvalue weighted by Gasteiger charge is 2.44. The summed E-state index contributed by atoms with van der Waals surface area (Å²) in [5, 5.41) is 54.4. The molecule has 0 aliphatic carbocycles. The van der Waals surface area contributed by atoms with E-state index in [4.69, 9.17) is 9.47 Å². The largest absolute Gasteiger partial charge is 0.394 e. The van der Waals surface area contributed by atoms with Gasteiger partial charge in [-0.1, -0.05) is 217 Å². The molecule has 1 amide bonds. The molecular weight excluding hydrogens is 779 g/mol. The highest BCUT2D eigenvalue weighted by atomic mass is 16.7. The van der Waals surface area contributed by atoms with Crippen molar-refractivity contribution in [3.8, 4) is 0 Å². The second-order valence-electron chi connectivity index (χ2n) is 18.3. The molecule has 0 aromatic rings. The van der Waals surface area contributed by atoms with Crippen molar-refractivity contribution in [3.63, 3.8) is 0 Å². The van der Waals surface area contributed by atoms with Crippen LogP contribution in [-0.4, -0.2) is 87.5 Å². The minimum atomic E-state index is -1.57. The fourth-order valence-corrected chi connectivity index (χ4v) is 8.25. The van der Waals surface area contributed by atoms with Gasteiger partial charge in [-0.15, -0.1) is 0 Å². The standard InChI is InChI=1S/C53H99NO8/c1-3-5-7-9-11-13-15-17-19-21-23-24-25-26-28-30-32-34-36-38-40-42-47(56)46(45-61-53-52(60)51(59)50(58)48(44-55)62-53)54-49(57)43-41-39-37-35-33-31-29-27-22-20-18-16-14-12-10-8-6-4-2/h14,16,20,22,40,42,46-48,50-53,55-56,58-60H,3-13,15,17-19,21,23-39,41,43-45H2,1-2H3,(H,54,57)/b16-14-,22-20-,42-40+. The summed E-state index contributed by atoms with van der Waals surface area (Å²) in [7, 11) is 0. The van der Waals surface area contributed by atoms with Crippen LogP contribution in [0.4, 0.5) is 0 Å². The summed E-state index contributed by atoms with van der Waals surface area (Å²) < 4.78 is 11.2. The average molecular weight is 878 g/mol. The SMILES string of the molecule is CCCCCC/C=C\C/C=C\CCCCCCCCCC(=O)NC(COC1OC(CO)C(O)C(O)C1O)C(O)/C=C/CCCCCCCCCCCCCCCCCCCCC. The molecule has 0 spiro atoms. The topological polar surface area (TPSA) is 149 Å². The number of hydrogen-bond donors (Lipinski definition) is 6. The van der Waals surface area contributed by atoms with Crippen molar-refractivity contribution in [1.82, 2.24) is 5.32 Å². The zero-order chi connectivity index (χ0) is 45.1. The quantitative estimate of drug-likeness (QED) is 0.0262. The molecule has 62 heavy (non-hydrogen) atoms. The van der Waals surface area contributed by atoms with E-state index in [9.17, 15) is 30.3 Å². The van der Waals surface area contributed by atoms with Crippen LogP contribution < -0.4 is 5.32 Å². The van der Waals surface area contributed by atoms with E-state index >= 15 is 0 Å². The van der Waals surface area contributed by atoms with Crippen molar-refractivity contribution < 1.29 is 39.8 Å². The van der Waals surface area contributed by atoms with Crippen molar-refractivity contribution in [2.24, 2.45) is 0 Å². The van der Waals surface area contributed by atoms with Gasteiger partial charge in [0.25, 0.3) is 0 Å². The Hall–Kier alpha value is -1.59. The van der Waals surface area contributed by atoms with Gasteiger partial charge in [-0.25, -0.2) is 0 Å². The summed E-state index contributed by atoms with van der Waals surface area (Å²) in [6, 6.07) is -0.808. The zero-order valence-corrected chi connectivity index (χ0v) is 40.1. The number of allylic oxidation sites excluding steroid dienone is 5.